The van der Waals surface area contributed by atoms with Gasteiger partial charge in [-0.25, -0.2) is 0 Å². The van der Waals surface area contributed by atoms with E-state index < -0.39 is 11.6 Å². The Morgan fingerprint density at radius 2 is 1.50 bits per heavy atom. The lowest BCUT2D eigenvalue weighted by Gasteiger charge is -2.27. The van der Waals surface area contributed by atoms with Crippen molar-refractivity contribution in [1.82, 2.24) is 0 Å². The van der Waals surface area contributed by atoms with Crippen molar-refractivity contribution in [1.29, 1.82) is 0 Å². The third-order valence-electron chi connectivity index (χ3n) is 6.34. The van der Waals surface area contributed by atoms with Gasteiger partial charge >= 0.3 is 0 Å². The summed E-state index contributed by atoms with van der Waals surface area (Å²) >= 11 is 0. The Hall–Kier alpha value is -1.58. The van der Waals surface area contributed by atoms with E-state index in [0.717, 1.165) is 44.4 Å². The fourth-order valence-corrected chi connectivity index (χ4v) is 4.18. The molecule has 2 aliphatic rings. The van der Waals surface area contributed by atoms with Gasteiger partial charge in [-0.05, 0) is 81.3 Å². The van der Waals surface area contributed by atoms with E-state index in [2.05, 4.69) is 13.5 Å². The van der Waals surface area contributed by atoms with Crippen molar-refractivity contribution in [2.24, 2.45) is 11.8 Å². The maximum Gasteiger partial charge on any atom is 0.204 e. The number of hydrogen-bond donors (Lipinski definition) is 0. The second-order valence-corrected chi connectivity index (χ2v) is 8.20. The Morgan fingerprint density at radius 1 is 0.929 bits per heavy atom. The molecule has 0 heterocycles. The third-order valence-corrected chi connectivity index (χ3v) is 6.34. The van der Waals surface area contributed by atoms with Crippen molar-refractivity contribution in [2.75, 3.05) is 13.2 Å². The Kier molecular flexibility index (Phi) is 7.75. The zero-order valence-corrected chi connectivity index (χ0v) is 16.9. The van der Waals surface area contributed by atoms with Gasteiger partial charge in [0.15, 0.2) is 11.5 Å². The average molecular weight is 391 g/mol. The van der Waals surface area contributed by atoms with Crippen molar-refractivity contribution in [2.45, 2.75) is 64.7 Å². The molecule has 0 bridgehead atoms. The van der Waals surface area contributed by atoms with E-state index in [-0.39, 0.29) is 11.5 Å². The average Bonchev–Trinajstić information content (AvgIpc) is 2.75. The van der Waals surface area contributed by atoms with Crippen molar-refractivity contribution in [3.8, 4) is 11.5 Å². The van der Waals surface area contributed by atoms with Gasteiger partial charge in [-0.3, -0.25) is 0 Å². The molecule has 0 saturated heterocycles. The van der Waals surface area contributed by atoms with Gasteiger partial charge in [0.05, 0.1) is 13.2 Å². The fourth-order valence-electron chi connectivity index (χ4n) is 4.18. The van der Waals surface area contributed by atoms with E-state index in [0.29, 0.717) is 19.1 Å². The van der Waals surface area contributed by atoms with E-state index in [9.17, 15) is 8.78 Å². The summed E-state index contributed by atoms with van der Waals surface area (Å²) in [5, 5.41) is 0. The van der Waals surface area contributed by atoms with Gasteiger partial charge in [-0.2, -0.15) is 8.78 Å². The lowest BCUT2D eigenvalue weighted by Crippen LogP contribution is -2.19. The van der Waals surface area contributed by atoms with E-state index >= 15 is 0 Å². The molecule has 1 aromatic carbocycles. The molecule has 28 heavy (non-hydrogen) atoms. The van der Waals surface area contributed by atoms with E-state index in [1.165, 1.54) is 43.2 Å². The molecule has 1 aromatic rings. The molecule has 0 amide bonds. The first-order valence-electron chi connectivity index (χ1n) is 10.6. The second-order valence-electron chi connectivity index (χ2n) is 8.20. The highest BCUT2D eigenvalue weighted by Crippen LogP contribution is 2.35. The minimum atomic E-state index is -0.953. The van der Waals surface area contributed by atoms with Crippen LogP contribution in [0, 0.1) is 35.3 Å². The molecule has 154 valence electrons. The van der Waals surface area contributed by atoms with Crippen LogP contribution < -0.4 is 9.47 Å². The first-order valence-corrected chi connectivity index (χ1v) is 10.6. The number of ether oxygens (including phenoxy) is 2. The van der Waals surface area contributed by atoms with Gasteiger partial charge < -0.3 is 9.47 Å². The summed E-state index contributed by atoms with van der Waals surface area (Å²) in [5.41, 5.74) is 0. The highest BCUT2D eigenvalue weighted by atomic mass is 19.2. The molecule has 4 heteroatoms. The Labute approximate surface area is 168 Å². The summed E-state index contributed by atoms with van der Waals surface area (Å²) in [6, 6.07) is 2.97. The minimum absolute atomic E-state index is 0.0283. The Bertz CT molecular complexity index is 630. The summed E-state index contributed by atoms with van der Waals surface area (Å²) < 4.78 is 40.0. The van der Waals surface area contributed by atoms with E-state index in [4.69, 9.17) is 9.47 Å². The van der Waals surface area contributed by atoms with Crippen LogP contribution in [0.1, 0.15) is 64.7 Å². The zero-order chi connectivity index (χ0) is 19.9. The van der Waals surface area contributed by atoms with Gasteiger partial charge in [-0.1, -0.05) is 19.4 Å². The Balaban J connectivity index is 1.48. The first kappa shape index (κ1) is 21.1. The molecular weight excluding hydrogens is 358 g/mol. The first-order chi connectivity index (χ1) is 13.6. The quantitative estimate of drug-likeness (QED) is 0.483. The van der Waals surface area contributed by atoms with Crippen LogP contribution in [0.4, 0.5) is 8.78 Å². The van der Waals surface area contributed by atoms with E-state index in [1.807, 2.05) is 6.08 Å². The van der Waals surface area contributed by atoms with E-state index in [1.54, 1.807) is 0 Å². The summed E-state index contributed by atoms with van der Waals surface area (Å²) in [6.45, 7) is 6.82. The predicted octanol–water partition coefficient (Wildman–Crippen LogP) is 6.85. The van der Waals surface area contributed by atoms with Crippen molar-refractivity contribution < 1.29 is 18.3 Å². The lowest BCUT2D eigenvalue weighted by molar-refractivity contribution is 0.206. The van der Waals surface area contributed by atoms with Crippen LogP contribution in [-0.2, 0) is 0 Å². The molecule has 0 atom stereocenters. The molecule has 2 fully saturated rings. The molecule has 2 nitrogen and oxygen atoms in total. The molecule has 2 radical (unpaired) electrons. The largest absolute Gasteiger partial charge is 0.490 e. The molecule has 2 aliphatic carbocycles. The van der Waals surface area contributed by atoms with Gasteiger partial charge in [0.1, 0.15) is 0 Å². The van der Waals surface area contributed by atoms with Gasteiger partial charge in [0, 0.05) is 5.92 Å². The number of benzene rings is 1. The van der Waals surface area contributed by atoms with Crippen LogP contribution in [0.15, 0.2) is 24.8 Å². The van der Waals surface area contributed by atoms with Crippen molar-refractivity contribution in [3.63, 3.8) is 0 Å². The van der Waals surface area contributed by atoms with Crippen LogP contribution in [0.5, 0.6) is 11.5 Å². The monoisotopic (exact) mass is 390 g/mol. The molecule has 0 spiro atoms. The van der Waals surface area contributed by atoms with Crippen LogP contribution in [0.25, 0.3) is 0 Å². The number of rotatable bonds is 8. The van der Waals surface area contributed by atoms with Crippen LogP contribution in [0.2, 0.25) is 0 Å². The predicted molar refractivity (Wildman–Crippen MR) is 108 cm³/mol. The highest BCUT2D eigenvalue weighted by Gasteiger charge is 2.24. The standard InChI is InChI=1S/C24H32F2O2/c1-3-17-5-9-19(10-6-17)15-27-21-13-14-22(24(26)23(21)25)28-16-20-11-7-18(4-2)8-12-20/h3,13-14,18-19H,1,4-12,15-16H2,2H3. The topological polar surface area (TPSA) is 18.5 Å². The fraction of sp³-hybridized carbons (Fsp3) is 0.583. The number of allylic oxidation sites excluding steroid dienone is 1. The summed E-state index contributed by atoms with van der Waals surface area (Å²) in [7, 11) is 0. The van der Waals surface area contributed by atoms with Crippen LogP contribution >= 0.6 is 0 Å². The molecule has 3 rings (SSSR count). The summed E-state index contributed by atoms with van der Waals surface area (Å²) in [5.74, 6) is 1.86. The molecule has 0 aliphatic heterocycles. The maximum absolute atomic E-state index is 14.4. The maximum atomic E-state index is 14.4. The smallest absolute Gasteiger partial charge is 0.204 e. The molecule has 0 unspecified atom stereocenters. The van der Waals surface area contributed by atoms with Crippen LogP contribution in [-0.4, -0.2) is 13.2 Å². The molecule has 0 N–H and O–H groups in total. The minimum Gasteiger partial charge on any atom is -0.490 e. The summed E-state index contributed by atoms with van der Waals surface area (Å²) in [4.78, 5) is 0. The van der Waals surface area contributed by atoms with Crippen molar-refractivity contribution in [3.05, 3.63) is 48.3 Å². The van der Waals surface area contributed by atoms with Crippen LogP contribution in [0.3, 0.4) is 0 Å². The molecular formula is C24H32F2O2. The lowest BCUT2D eigenvalue weighted by atomic mass is 9.81. The second kappa shape index (κ2) is 10.3. The number of halogens is 2. The summed E-state index contributed by atoms with van der Waals surface area (Å²) in [6.07, 6.45) is 11.6. The van der Waals surface area contributed by atoms with Gasteiger partial charge in [0.25, 0.3) is 0 Å². The van der Waals surface area contributed by atoms with Gasteiger partial charge in [-0.15, -0.1) is 6.58 Å². The Morgan fingerprint density at radius 3 is 2.07 bits per heavy atom. The molecule has 0 aromatic heterocycles. The highest BCUT2D eigenvalue weighted by molar-refractivity contribution is 5.35. The number of hydrogen-bond acceptors (Lipinski definition) is 2. The van der Waals surface area contributed by atoms with Crippen molar-refractivity contribution >= 4 is 0 Å². The third kappa shape index (κ3) is 5.48. The zero-order valence-electron chi connectivity index (χ0n) is 16.9. The molecule has 2 saturated carbocycles. The van der Waals surface area contributed by atoms with Gasteiger partial charge in [0.2, 0.25) is 11.6 Å². The normalized spacial score (nSPS) is 20.2. The SMILES string of the molecule is C=C[C]1CCC(COc2ccc(OC[C]3CCC(CC)CC3)c(F)c2F)CC1.